The van der Waals surface area contributed by atoms with Crippen LogP contribution in [0.15, 0.2) is 16.3 Å². The lowest BCUT2D eigenvalue weighted by Crippen LogP contribution is -2.29. The van der Waals surface area contributed by atoms with E-state index in [1.54, 1.807) is 23.1 Å². The smallest absolute Gasteiger partial charge is 0.317 e. The fourth-order valence-electron chi connectivity index (χ4n) is 1.49. The van der Waals surface area contributed by atoms with Crippen LogP contribution in [0, 0.1) is 0 Å². The van der Waals surface area contributed by atoms with Gasteiger partial charge in [-0.15, -0.1) is 23.1 Å². The fourth-order valence-corrected chi connectivity index (χ4v) is 3.13. The van der Waals surface area contributed by atoms with E-state index >= 15 is 0 Å². The Balaban J connectivity index is 2.56. The SMILES string of the molecule is CCCN(CC(=O)O)Cc1ccc(SC)s1. The van der Waals surface area contributed by atoms with E-state index < -0.39 is 5.97 Å². The van der Waals surface area contributed by atoms with Gasteiger partial charge in [-0.3, -0.25) is 9.69 Å². The molecule has 0 aromatic carbocycles. The van der Waals surface area contributed by atoms with Gasteiger partial charge in [-0.2, -0.15) is 0 Å². The highest BCUT2D eigenvalue weighted by Gasteiger charge is 2.10. The summed E-state index contributed by atoms with van der Waals surface area (Å²) < 4.78 is 1.28. The summed E-state index contributed by atoms with van der Waals surface area (Å²) in [6, 6.07) is 4.18. The third-order valence-corrected chi connectivity index (χ3v) is 4.27. The highest BCUT2D eigenvalue weighted by molar-refractivity contribution is 8.00. The van der Waals surface area contributed by atoms with E-state index in [1.807, 2.05) is 4.90 Å². The van der Waals surface area contributed by atoms with E-state index in [0.717, 1.165) is 19.5 Å². The third kappa shape index (κ3) is 4.55. The van der Waals surface area contributed by atoms with Crippen molar-refractivity contribution in [3.63, 3.8) is 0 Å². The molecular formula is C11H17NO2S2. The van der Waals surface area contributed by atoms with Crippen molar-refractivity contribution in [2.45, 2.75) is 24.1 Å². The first-order valence-corrected chi connectivity index (χ1v) is 7.26. The Bertz CT molecular complexity index is 338. The molecule has 0 spiro atoms. The van der Waals surface area contributed by atoms with Gasteiger partial charge < -0.3 is 5.11 Å². The Morgan fingerprint density at radius 3 is 2.81 bits per heavy atom. The number of nitrogens with zero attached hydrogens (tertiary/aromatic N) is 1. The average molecular weight is 259 g/mol. The molecule has 0 amide bonds. The Hall–Kier alpha value is -0.520. The molecule has 1 rings (SSSR count). The maximum Gasteiger partial charge on any atom is 0.317 e. The first-order valence-electron chi connectivity index (χ1n) is 5.22. The molecule has 3 nitrogen and oxygen atoms in total. The molecule has 0 aliphatic heterocycles. The number of carboxylic acids is 1. The molecule has 0 saturated heterocycles. The summed E-state index contributed by atoms with van der Waals surface area (Å²) in [6.45, 7) is 3.76. The highest BCUT2D eigenvalue weighted by atomic mass is 32.2. The number of hydrogen-bond donors (Lipinski definition) is 1. The number of thiophene rings is 1. The van der Waals surface area contributed by atoms with Crippen LogP contribution in [0.1, 0.15) is 18.2 Å². The Kier molecular flexibility index (Phi) is 5.87. The summed E-state index contributed by atoms with van der Waals surface area (Å²) in [5.74, 6) is -0.755. The van der Waals surface area contributed by atoms with Crippen molar-refractivity contribution in [2.75, 3.05) is 19.3 Å². The summed E-state index contributed by atoms with van der Waals surface area (Å²) in [7, 11) is 0. The molecule has 1 N–H and O–H groups in total. The fraction of sp³-hybridized carbons (Fsp3) is 0.545. The summed E-state index contributed by atoms with van der Waals surface area (Å²) in [6.07, 6.45) is 3.03. The van der Waals surface area contributed by atoms with Gasteiger partial charge in [0.25, 0.3) is 0 Å². The van der Waals surface area contributed by atoms with Crippen molar-refractivity contribution in [1.29, 1.82) is 0 Å². The van der Waals surface area contributed by atoms with Gasteiger partial charge in [0.05, 0.1) is 10.8 Å². The molecule has 0 unspecified atom stereocenters. The standard InChI is InChI=1S/C11H17NO2S2/c1-3-6-12(8-10(13)14)7-9-4-5-11(15-2)16-9/h4-5H,3,6-8H2,1-2H3,(H,13,14). The molecule has 1 aromatic heterocycles. The molecule has 0 radical (unpaired) electrons. The lowest BCUT2D eigenvalue weighted by atomic mass is 10.3. The van der Waals surface area contributed by atoms with Crippen LogP contribution < -0.4 is 0 Å². The van der Waals surface area contributed by atoms with Crippen molar-refractivity contribution in [1.82, 2.24) is 4.90 Å². The Labute approximate surface area is 104 Å². The molecule has 5 heteroatoms. The molecule has 0 bridgehead atoms. The van der Waals surface area contributed by atoms with Crippen molar-refractivity contribution >= 4 is 29.1 Å². The van der Waals surface area contributed by atoms with Crippen molar-refractivity contribution in [3.8, 4) is 0 Å². The molecule has 16 heavy (non-hydrogen) atoms. The maximum absolute atomic E-state index is 10.7. The van der Waals surface area contributed by atoms with Gasteiger partial charge in [0.2, 0.25) is 0 Å². The Morgan fingerprint density at radius 1 is 1.56 bits per heavy atom. The van der Waals surface area contributed by atoms with Gasteiger partial charge in [-0.25, -0.2) is 0 Å². The second kappa shape index (κ2) is 6.93. The minimum atomic E-state index is -0.755. The van der Waals surface area contributed by atoms with E-state index in [1.165, 1.54) is 9.09 Å². The molecule has 0 aliphatic rings. The monoisotopic (exact) mass is 259 g/mol. The molecule has 0 aliphatic carbocycles. The van der Waals surface area contributed by atoms with Crippen LogP contribution in [0.3, 0.4) is 0 Å². The largest absolute Gasteiger partial charge is 0.480 e. The van der Waals surface area contributed by atoms with Crippen LogP contribution in [0.4, 0.5) is 0 Å². The highest BCUT2D eigenvalue weighted by Crippen LogP contribution is 2.26. The molecule has 1 aromatic rings. The number of hydrogen-bond acceptors (Lipinski definition) is 4. The van der Waals surface area contributed by atoms with Crippen LogP contribution in [0.2, 0.25) is 0 Å². The zero-order valence-corrected chi connectivity index (χ0v) is 11.2. The van der Waals surface area contributed by atoms with E-state index in [-0.39, 0.29) is 6.54 Å². The molecular weight excluding hydrogens is 242 g/mol. The predicted molar refractivity (Wildman–Crippen MR) is 69.3 cm³/mol. The number of carbonyl (C=O) groups is 1. The first-order chi connectivity index (χ1) is 7.65. The summed E-state index contributed by atoms with van der Waals surface area (Å²) in [5.41, 5.74) is 0. The molecule has 0 atom stereocenters. The van der Waals surface area contributed by atoms with Crippen LogP contribution >= 0.6 is 23.1 Å². The van der Waals surface area contributed by atoms with Crippen LogP contribution in [0.25, 0.3) is 0 Å². The van der Waals surface area contributed by atoms with E-state index in [2.05, 4.69) is 25.3 Å². The van der Waals surface area contributed by atoms with E-state index in [9.17, 15) is 4.79 Å². The lowest BCUT2D eigenvalue weighted by Gasteiger charge is -2.18. The van der Waals surface area contributed by atoms with Gasteiger partial charge in [-0.1, -0.05) is 6.92 Å². The van der Waals surface area contributed by atoms with Gasteiger partial charge >= 0.3 is 5.97 Å². The zero-order valence-electron chi connectivity index (χ0n) is 9.60. The molecule has 0 saturated carbocycles. The predicted octanol–water partition coefficient (Wildman–Crippen LogP) is 2.77. The van der Waals surface area contributed by atoms with E-state index in [0.29, 0.717) is 0 Å². The second-order valence-electron chi connectivity index (χ2n) is 3.53. The lowest BCUT2D eigenvalue weighted by molar-refractivity contribution is -0.138. The minimum absolute atomic E-state index is 0.125. The van der Waals surface area contributed by atoms with Crippen molar-refractivity contribution < 1.29 is 9.90 Å². The average Bonchev–Trinajstić information content (AvgIpc) is 2.65. The first kappa shape index (κ1) is 13.5. The Morgan fingerprint density at radius 2 is 2.31 bits per heavy atom. The van der Waals surface area contributed by atoms with Gasteiger partial charge in [0, 0.05) is 11.4 Å². The topological polar surface area (TPSA) is 40.5 Å². The van der Waals surface area contributed by atoms with Gasteiger partial charge in [0.1, 0.15) is 0 Å². The third-order valence-electron chi connectivity index (χ3n) is 2.12. The van der Waals surface area contributed by atoms with Crippen LogP contribution in [-0.4, -0.2) is 35.3 Å². The van der Waals surface area contributed by atoms with Crippen LogP contribution in [0.5, 0.6) is 0 Å². The van der Waals surface area contributed by atoms with Gasteiger partial charge in [0.15, 0.2) is 0 Å². The summed E-state index contributed by atoms with van der Waals surface area (Å²) in [5, 5.41) is 8.80. The minimum Gasteiger partial charge on any atom is -0.480 e. The molecule has 1 heterocycles. The van der Waals surface area contributed by atoms with Gasteiger partial charge in [-0.05, 0) is 31.4 Å². The quantitative estimate of drug-likeness (QED) is 0.764. The molecule has 90 valence electrons. The maximum atomic E-state index is 10.7. The zero-order chi connectivity index (χ0) is 12.0. The second-order valence-corrected chi connectivity index (χ2v) is 5.80. The number of aliphatic carboxylic acids is 1. The van der Waals surface area contributed by atoms with Crippen molar-refractivity contribution in [3.05, 3.63) is 17.0 Å². The summed E-state index contributed by atoms with van der Waals surface area (Å²) >= 11 is 3.47. The van der Waals surface area contributed by atoms with Crippen LogP contribution in [-0.2, 0) is 11.3 Å². The number of carboxylic acid groups (broad SMARTS) is 1. The van der Waals surface area contributed by atoms with Crippen molar-refractivity contribution in [2.24, 2.45) is 0 Å². The number of rotatable bonds is 7. The number of thioether (sulfide) groups is 1. The normalized spacial score (nSPS) is 10.9. The van der Waals surface area contributed by atoms with E-state index in [4.69, 9.17) is 5.11 Å². The summed E-state index contributed by atoms with van der Waals surface area (Å²) in [4.78, 5) is 13.9. The molecule has 0 fully saturated rings.